The summed E-state index contributed by atoms with van der Waals surface area (Å²) in [5.41, 5.74) is 0.796. The van der Waals surface area contributed by atoms with Crippen molar-refractivity contribution in [2.75, 3.05) is 12.4 Å². The maximum Gasteiger partial charge on any atom is 0.252 e. The van der Waals surface area contributed by atoms with Crippen molar-refractivity contribution in [2.24, 2.45) is 0 Å². The molecule has 6 heteroatoms. The minimum atomic E-state index is -0.571. The molecule has 1 aromatic heterocycles. The van der Waals surface area contributed by atoms with E-state index in [2.05, 4.69) is 15.3 Å². The van der Waals surface area contributed by atoms with E-state index in [-0.39, 0.29) is 18.2 Å². The zero-order valence-electron chi connectivity index (χ0n) is 10.3. The number of nitrogens with one attached hydrogen (secondary N) is 1. The van der Waals surface area contributed by atoms with Crippen LogP contribution in [0.3, 0.4) is 0 Å². The van der Waals surface area contributed by atoms with E-state index in [1.165, 1.54) is 7.05 Å². The molecule has 0 bridgehead atoms. The number of para-hydroxylation sites is 1. The van der Waals surface area contributed by atoms with E-state index < -0.39 is 6.04 Å². The van der Waals surface area contributed by atoms with Crippen LogP contribution < -0.4 is 5.32 Å². The van der Waals surface area contributed by atoms with Gasteiger partial charge in [0, 0.05) is 18.6 Å². The largest absolute Gasteiger partial charge is 0.342 e. The van der Waals surface area contributed by atoms with Crippen LogP contribution in [0.25, 0.3) is 10.9 Å². The molecule has 1 aromatic carbocycles. The molecule has 3 rings (SSSR count). The van der Waals surface area contributed by atoms with Crippen LogP contribution in [0.1, 0.15) is 6.42 Å². The summed E-state index contributed by atoms with van der Waals surface area (Å²) >= 11 is 0. The van der Waals surface area contributed by atoms with Crippen LogP contribution >= 0.6 is 0 Å². The number of aromatic nitrogens is 2. The van der Waals surface area contributed by atoms with Crippen molar-refractivity contribution >= 4 is 28.7 Å². The fraction of sp³-hybridized carbons (Fsp3) is 0.231. The molecule has 1 fully saturated rings. The van der Waals surface area contributed by atoms with Crippen molar-refractivity contribution in [1.82, 2.24) is 14.9 Å². The predicted molar refractivity (Wildman–Crippen MR) is 69.3 cm³/mol. The molecule has 0 saturated carbocycles. The van der Waals surface area contributed by atoms with Crippen LogP contribution in [0.5, 0.6) is 0 Å². The Morgan fingerprint density at radius 1 is 1.32 bits per heavy atom. The molecule has 1 aliphatic heterocycles. The van der Waals surface area contributed by atoms with Crippen LogP contribution in [0.4, 0.5) is 5.95 Å². The summed E-state index contributed by atoms with van der Waals surface area (Å²) in [6.07, 6.45) is 1.83. The second-order valence-electron chi connectivity index (χ2n) is 4.44. The average Bonchev–Trinajstić information content (AvgIpc) is 2.66. The summed E-state index contributed by atoms with van der Waals surface area (Å²) < 4.78 is 0. The van der Waals surface area contributed by atoms with Gasteiger partial charge in [-0.1, -0.05) is 18.2 Å². The van der Waals surface area contributed by atoms with Crippen LogP contribution in [-0.2, 0) is 9.59 Å². The standard InChI is InChI=1S/C13H12N4O2/c1-17-11(18)6-10(12(17)19)16-13-14-7-8-4-2-3-5-9(8)15-13/h2-5,7,10H,6H2,1H3,(H,14,15,16). The number of nitrogens with zero attached hydrogens (tertiary/aromatic N) is 3. The van der Waals surface area contributed by atoms with Crippen LogP contribution in [0.15, 0.2) is 30.5 Å². The molecule has 0 radical (unpaired) electrons. The summed E-state index contributed by atoms with van der Waals surface area (Å²) in [6, 6.07) is 7.01. The Morgan fingerprint density at radius 2 is 2.11 bits per heavy atom. The van der Waals surface area contributed by atoms with Crippen molar-refractivity contribution in [2.45, 2.75) is 12.5 Å². The van der Waals surface area contributed by atoms with Crippen molar-refractivity contribution in [3.63, 3.8) is 0 Å². The summed E-state index contributed by atoms with van der Waals surface area (Å²) in [5.74, 6) is -0.0785. The lowest BCUT2D eigenvalue weighted by atomic mass is 10.2. The topological polar surface area (TPSA) is 75.2 Å². The number of amides is 2. The van der Waals surface area contributed by atoms with Crippen molar-refractivity contribution < 1.29 is 9.59 Å². The number of rotatable bonds is 2. The number of carbonyl (C=O) groups is 2. The first kappa shape index (κ1) is 11.6. The third kappa shape index (κ3) is 2.01. The van der Waals surface area contributed by atoms with Gasteiger partial charge in [-0.3, -0.25) is 14.5 Å². The number of likely N-dealkylation sites (tertiary alicyclic amines) is 1. The van der Waals surface area contributed by atoms with E-state index in [0.717, 1.165) is 15.8 Å². The van der Waals surface area contributed by atoms with Crippen molar-refractivity contribution in [3.8, 4) is 0 Å². The minimum Gasteiger partial charge on any atom is -0.342 e. The number of likely N-dealkylation sites (N-methyl/N-ethyl adjacent to an activating group) is 1. The zero-order chi connectivity index (χ0) is 13.4. The molecule has 2 heterocycles. The lowest BCUT2D eigenvalue weighted by Gasteiger charge is -2.11. The molecule has 1 N–H and O–H groups in total. The van der Waals surface area contributed by atoms with Gasteiger partial charge in [-0.25, -0.2) is 9.97 Å². The summed E-state index contributed by atoms with van der Waals surface area (Å²) in [4.78, 5) is 32.8. The number of hydrogen-bond acceptors (Lipinski definition) is 5. The van der Waals surface area contributed by atoms with Gasteiger partial charge >= 0.3 is 0 Å². The number of anilines is 1. The molecule has 0 aliphatic carbocycles. The van der Waals surface area contributed by atoms with E-state index in [1.807, 2.05) is 24.3 Å². The Kier molecular flexibility index (Phi) is 2.63. The summed E-state index contributed by atoms with van der Waals surface area (Å²) in [5, 5.41) is 3.84. The van der Waals surface area contributed by atoms with Gasteiger partial charge in [-0.2, -0.15) is 0 Å². The molecule has 1 atom stereocenters. The Bertz CT molecular complexity index is 670. The lowest BCUT2D eigenvalue weighted by molar-refractivity contribution is -0.136. The smallest absolute Gasteiger partial charge is 0.252 e. The average molecular weight is 256 g/mol. The summed E-state index contributed by atoms with van der Waals surface area (Å²) in [7, 11) is 1.48. The van der Waals surface area contributed by atoms with Crippen LogP contribution in [-0.4, -0.2) is 39.8 Å². The Hall–Kier alpha value is -2.50. The van der Waals surface area contributed by atoms with E-state index in [0.29, 0.717) is 5.95 Å². The van der Waals surface area contributed by atoms with Crippen LogP contribution in [0, 0.1) is 0 Å². The van der Waals surface area contributed by atoms with Gasteiger partial charge in [0.25, 0.3) is 5.91 Å². The highest BCUT2D eigenvalue weighted by Gasteiger charge is 2.36. The zero-order valence-corrected chi connectivity index (χ0v) is 10.3. The first-order valence-electron chi connectivity index (χ1n) is 5.94. The maximum absolute atomic E-state index is 11.8. The van der Waals surface area contributed by atoms with Gasteiger partial charge in [0.15, 0.2) is 0 Å². The van der Waals surface area contributed by atoms with Gasteiger partial charge in [0.2, 0.25) is 11.9 Å². The van der Waals surface area contributed by atoms with Crippen LogP contribution in [0.2, 0.25) is 0 Å². The Balaban J connectivity index is 1.86. The molecule has 2 amide bonds. The second kappa shape index (κ2) is 4.31. The van der Waals surface area contributed by atoms with Crippen molar-refractivity contribution in [3.05, 3.63) is 30.5 Å². The molecule has 96 valence electrons. The van der Waals surface area contributed by atoms with E-state index in [9.17, 15) is 9.59 Å². The monoisotopic (exact) mass is 256 g/mol. The number of carbonyl (C=O) groups excluding carboxylic acids is 2. The fourth-order valence-corrected chi connectivity index (χ4v) is 2.07. The second-order valence-corrected chi connectivity index (χ2v) is 4.44. The molecular formula is C13H12N4O2. The van der Waals surface area contributed by atoms with E-state index in [4.69, 9.17) is 0 Å². The number of imide groups is 1. The molecule has 1 saturated heterocycles. The van der Waals surface area contributed by atoms with Gasteiger partial charge in [-0.15, -0.1) is 0 Å². The van der Waals surface area contributed by atoms with Gasteiger partial charge < -0.3 is 5.32 Å². The van der Waals surface area contributed by atoms with Crippen molar-refractivity contribution in [1.29, 1.82) is 0 Å². The highest BCUT2D eigenvalue weighted by molar-refractivity contribution is 6.06. The third-order valence-corrected chi connectivity index (χ3v) is 3.17. The molecule has 2 aromatic rings. The SMILES string of the molecule is CN1C(=O)CC(Nc2ncc3ccccc3n2)C1=O. The molecule has 1 aliphatic rings. The third-order valence-electron chi connectivity index (χ3n) is 3.17. The first-order valence-corrected chi connectivity index (χ1v) is 5.94. The predicted octanol–water partition coefficient (Wildman–Crippen LogP) is 0.799. The number of fused-ring (bicyclic) bond motifs is 1. The maximum atomic E-state index is 11.8. The van der Waals surface area contributed by atoms with Gasteiger partial charge in [-0.05, 0) is 6.07 Å². The number of hydrogen-bond donors (Lipinski definition) is 1. The van der Waals surface area contributed by atoms with Gasteiger partial charge in [0.1, 0.15) is 6.04 Å². The molecular weight excluding hydrogens is 244 g/mol. The van der Waals surface area contributed by atoms with E-state index >= 15 is 0 Å². The minimum absolute atomic E-state index is 0.144. The summed E-state index contributed by atoms with van der Waals surface area (Å²) in [6.45, 7) is 0. The Morgan fingerprint density at radius 3 is 2.84 bits per heavy atom. The highest BCUT2D eigenvalue weighted by Crippen LogP contribution is 2.16. The first-order chi connectivity index (χ1) is 9.15. The van der Waals surface area contributed by atoms with E-state index in [1.54, 1.807) is 6.20 Å². The highest BCUT2D eigenvalue weighted by atomic mass is 16.2. The molecule has 0 spiro atoms. The Labute approximate surface area is 109 Å². The molecule has 1 unspecified atom stereocenters. The van der Waals surface area contributed by atoms with Gasteiger partial charge in [0.05, 0.1) is 11.9 Å². The fourth-order valence-electron chi connectivity index (χ4n) is 2.07. The lowest BCUT2D eigenvalue weighted by Crippen LogP contribution is -2.32. The number of benzene rings is 1. The molecule has 6 nitrogen and oxygen atoms in total. The normalized spacial score (nSPS) is 19.2. The quantitative estimate of drug-likeness (QED) is 0.804. The molecule has 19 heavy (non-hydrogen) atoms.